The van der Waals surface area contributed by atoms with Gasteiger partial charge in [-0.05, 0) is 43.9 Å². The predicted molar refractivity (Wildman–Crippen MR) is 77.1 cm³/mol. The molecule has 0 aromatic heterocycles. The zero-order chi connectivity index (χ0) is 13.9. The van der Waals surface area contributed by atoms with Crippen molar-refractivity contribution in [2.45, 2.75) is 32.6 Å². The highest BCUT2D eigenvalue weighted by molar-refractivity contribution is 5.69. The zero-order valence-corrected chi connectivity index (χ0v) is 11.6. The molecule has 0 N–H and O–H groups in total. The van der Waals surface area contributed by atoms with E-state index >= 15 is 0 Å². The minimum atomic E-state index is -0.108. The molecule has 0 aliphatic rings. The van der Waals surface area contributed by atoms with E-state index < -0.39 is 0 Å². The van der Waals surface area contributed by atoms with Gasteiger partial charge < -0.3 is 9.47 Å². The van der Waals surface area contributed by atoms with E-state index in [1.54, 1.807) is 6.08 Å². The van der Waals surface area contributed by atoms with Crippen LogP contribution in [-0.2, 0) is 9.53 Å². The van der Waals surface area contributed by atoms with Crippen molar-refractivity contribution < 1.29 is 14.3 Å². The van der Waals surface area contributed by atoms with Crippen molar-refractivity contribution in [1.29, 1.82) is 0 Å². The van der Waals surface area contributed by atoms with Gasteiger partial charge in [0.2, 0.25) is 0 Å². The molecule has 3 heteroatoms. The molecule has 0 atom stereocenters. The summed E-state index contributed by atoms with van der Waals surface area (Å²) < 4.78 is 10.5. The van der Waals surface area contributed by atoms with Crippen LogP contribution in [0.4, 0.5) is 0 Å². The van der Waals surface area contributed by atoms with Gasteiger partial charge in [-0.3, -0.25) is 4.79 Å². The Morgan fingerprint density at radius 1 is 1.21 bits per heavy atom. The van der Waals surface area contributed by atoms with Crippen LogP contribution in [0.15, 0.2) is 30.8 Å². The van der Waals surface area contributed by atoms with Crippen LogP contribution < -0.4 is 4.74 Å². The van der Waals surface area contributed by atoms with Crippen LogP contribution in [0.3, 0.4) is 0 Å². The Bertz CT molecular complexity index is 381. The second kappa shape index (κ2) is 9.20. The molecule has 19 heavy (non-hydrogen) atoms. The van der Waals surface area contributed by atoms with Gasteiger partial charge in [-0.15, -0.1) is 0 Å². The lowest BCUT2D eigenvalue weighted by Gasteiger charge is -2.06. The molecule has 0 saturated carbocycles. The second-order valence-electron chi connectivity index (χ2n) is 4.24. The molecule has 3 nitrogen and oxygen atoms in total. The molecule has 0 aliphatic carbocycles. The minimum absolute atomic E-state index is 0.108. The monoisotopic (exact) mass is 262 g/mol. The molecule has 1 aromatic rings. The summed E-state index contributed by atoms with van der Waals surface area (Å²) in [7, 11) is 0. The Kier molecular flexibility index (Phi) is 7.40. The molecule has 1 rings (SSSR count). The third kappa shape index (κ3) is 6.65. The maximum absolute atomic E-state index is 11.1. The molecule has 0 heterocycles. The number of unbranched alkanes of at least 4 members (excludes halogenated alkanes) is 2. The standard InChI is InChI=1S/C16H22O3/c1-3-14-9-11-15(12-10-14)19-13-7-5-6-8-16(17)18-4-2/h3,9-12H,1,4-8,13H2,2H3. The van der Waals surface area contributed by atoms with Crippen molar-refractivity contribution in [2.75, 3.05) is 13.2 Å². The number of hydrogen-bond acceptors (Lipinski definition) is 3. The molecule has 0 saturated heterocycles. The highest BCUT2D eigenvalue weighted by atomic mass is 16.5. The van der Waals surface area contributed by atoms with E-state index in [2.05, 4.69) is 6.58 Å². The van der Waals surface area contributed by atoms with Gasteiger partial charge in [0.05, 0.1) is 13.2 Å². The first kappa shape index (κ1) is 15.3. The smallest absolute Gasteiger partial charge is 0.305 e. The van der Waals surface area contributed by atoms with E-state index in [1.165, 1.54) is 0 Å². The molecule has 1 aromatic carbocycles. The number of ether oxygens (including phenoxy) is 2. The van der Waals surface area contributed by atoms with Gasteiger partial charge in [0.15, 0.2) is 0 Å². The lowest BCUT2D eigenvalue weighted by atomic mass is 10.2. The Hall–Kier alpha value is -1.77. The van der Waals surface area contributed by atoms with Crippen molar-refractivity contribution in [3.8, 4) is 5.75 Å². The predicted octanol–water partition coefficient (Wildman–Crippen LogP) is 3.83. The number of hydrogen-bond donors (Lipinski definition) is 0. The highest BCUT2D eigenvalue weighted by Crippen LogP contribution is 2.13. The average Bonchev–Trinajstić information content (AvgIpc) is 2.43. The van der Waals surface area contributed by atoms with Gasteiger partial charge in [0.25, 0.3) is 0 Å². The fourth-order valence-corrected chi connectivity index (χ4v) is 1.67. The van der Waals surface area contributed by atoms with Crippen molar-refractivity contribution >= 4 is 12.0 Å². The van der Waals surface area contributed by atoms with Gasteiger partial charge in [0, 0.05) is 6.42 Å². The number of carbonyl (C=O) groups is 1. The molecule has 104 valence electrons. The number of rotatable bonds is 9. The maximum atomic E-state index is 11.1. The summed E-state index contributed by atoms with van der Waals surface area (Å²) in [5, 5.41) is 0. The highest BCUT2D eigenvalue weighted by Gasteiger charge is 2.00. The van der Waals surface area contributed by atoms with E-state index in [-0.39, 0.29) is 5.97 Å². The Morgan fingerprint density at radius 3 is 2.58 bits per heavy atom. The summed E-state index contributed by atoms with van der Waals surface area (Å²) >= 11 is 0. The lowest BCUT2D eigenvalue weighted by molar-refractivity contribution is -0.143. The number of benzene rings is 1. The second-order valence-corrected chi connectivity index (χ2v) is 4.24. The molecule has 0 aliphatic heterocycles. The average molecular weight is 262 g/mol. The van der Waals surface area contributed by atoms with Crippen LogP contribution in [0, 0.1) is 0 Å². The third-order valence-corrected chi connectivity index (χ3v) is 2.72. The zero-order valence-electron chi connectivity index (χ0n) is 11.6. The Morgan fingerprint density at radius 2 is 1.95 bits per heavy atom. The van der Waals surface area contributed by atoms with Gasteiger partial charge in [-0.25, -0.2) is 0 Å². The number of esters is 1. The topological polar surface area (TPSA) is 35.5 Å². The Labute approximate surface area is 115 Å². The largest absolute Gasteiger partial charge is 0.494 e. The van der Waals surface area contributed by atoms with Crippen LogP contribution in [0.25, 0.3) is 6.08 Å². The summed E-state index contributed by atoms with van der Waals surface area (Å²) in [6.07, 6.45) is 5.09. The summed E-state index contributed by atoms with van der Waals surface area (Å²) in [5.41, 5.74) is 1.08. The molecule has 0 bridgehead atoms. The summed E-state index contributed by atoms with van der Waals surface area (Å²) in [5.74, 6) is 0.763. The van der Waals surface area contributed by atoms with E-state index in [4.69, 9.17) is 9.47 Å². The van der Waals surface area contributed by atoms with Gasteiger partial charge >= 0.3 is 5.97 Å². The molecule has 0 amide bonds. The van der Waals surface area contributed by atoms with Gasteiger partial charge in [-0.2, -0.15) is 0 Å². The SMILES string of the molecule is C=Cc1ccc(OCCCCCC(=O)OCC)cc1. The lowest BCUT2D eigenvalue weighted by Crippen LogP contribution is -2.04. The van der Waals surface area contributed by atoms with E-state index in [0.717, 1.165) is 30.6 Å². The molecular weight excluding hydrogens is 240 g/mol. The van der Waals surface area contributed by atoms with Crippen LogP contribution >= 0.6 is 0 Å². The van der Waals surface area contributed by atoms with Gasteiger partial charge in [0.1, 0.15) is 5.75 Å². The van der Waals surface area contributed by atoms with Gasteiger partial charge in [-0.1, -0.05) is 24.8 Å². The third-order valence-electron chi connectivity index (χ3n) is 2.72. The summed E-state index contributed by atoms with van der Waals surface area (Å²) in [6, 6.07) is 7.83. The summed E-state index contributed by atoms with van der Waals surface area (Å²) in [4.78, 5) is 11.1. The molecule has 0 spiro atoms. The first-order valence-electron chi connectivity index (χ1n) is 6.77. The van der Waals surface area contributed by atoms with E-state index in [0.29, 0.717) is 19.6 Å². The fourth-order valence-electron chi connectivity index (χ4n) is 1.67. The normalized spacial score (nSPS) is 9.95. The van der Waals surface area contributed by atoms with Crippen molar-refractivity contribution in [3.63, 3.8) is 0 Å². The van der Waals surface area contributed by atoms with Crippen molar-refractivity contribution in [3.05, 3.63) is 36.4 Å². The maximum Gasteiger partial charge on any atom is 0.305 e. The number of carbonyl (C=O) groups excluding carboxylic acids is 1. The molecule has 0 fully saturated rings. The molecular formula is C16H22O3. The van der Waals surface area contributed by atoms with Crippen LogP contribution in [0.1, 0.15) is 38.2 Å². The Balaban J connectivity index is 2.07. The van der Waals surface area contributed by atoms with Crippen LogP contribution in [0.2, 0.25) is 0 Å². The molecule has 0 unspecified atom stereocenters. The first-order valence-corrected chi connectivity index (χ1v) is 6.77. The van der Waals surface area contributed by atoms with E-state index in [9.17, 15) is 4.79 Å². The van der Waals surface area contributed by atoms with Crippen molar-refractivity contribution in [1.82, 2.24) is 0 Å². The van der Waals surface area contributed by atoms with Crippen LogP contribution in [-0.4, -0.2) is 19.2 Å². The van der Waals surface area contributed by atoms with Crippen LogP contribution in [0.5, 0.6) is 5.75 Å². The van der Waals surface area contributed by atoms with E-state index in [1.807, 2.05) is 31.2 Å². The fraction of sp³-hybridized carbons (Fsp3) is 0.438. The summed E-state index contributed by atoms with van der Waals surface area (Å²) in [6.45, 7) is 6.67. The van der Waals surface area contributed by atoms with Crippen molar-refractivity contribution in [2.24, 2.45) is 0 Å². The first-order chi connectivity index (χ1) is 9.26. The molecule has 0 radical (unpaired) electrons. The minimum Gasteiger partial charge on any atom is -0.494 e. The quantitative estimate of drug-likeness (QED) is 0.501.